The molecule has 1 aromatic heterocycles. The Morgan fingerprint density at radius 3 is 2.35 bits per heavy atom. The Labute approximate surface area is 149 Å². The first-order valence-electron chi connectivity index (χ1n) is 7.10. The third-order valence-electron chi connectivity index (χ3n) is 3.58. The second kappa shape index (κ2) is 8.98. The number of hydrogen-bond acceptors (Lipinski definition) is 5. The summed E-state index contributed by atoms with van der Waals surface area (Å²) in [6, 6.07) is 1.49. The van der Waals surface area contributed by atoms with E-state index < -0.39 is 10.0 Å². The summed E-state index contributed by atoms with van der Waals surface area (Å²) < 4.78 is 25.6. The Balaban J connectivity index is 0.00000484. The summed E-state index contributed by atoms with van der Waals surface area (Å²) in [5.41, 5.74) is 5.98. The van der Waals surface area contributed by atoms with Crippen molar-refractivity contribution in [1.82, 2.24) is 9.21 Å². The summed E-state index contributed by atoms with van der Waals surface area (Å²) in [4.78, 5) is 14.3. The number of halogens is 1. The lowest BCUT2D eigenvalue weighted by molar-refractivity contribution is 0.0790. The van der Waals surface area contributed by atoms with E-state index in [-0.39, 0.29) is 34.1 Å². The minimum Gasteiger partial charge on any atom is -0.341 e. The molecule has 0 saturated heterocycles. The molecule has 1 rings (SSSR count). The Morgan fingerprint density at radius 2 is 1.87 bits per heavy atom. The van der Waals surface area contributed by atoms with Crippen molar-refractivity contribution in [2.75, 3.05) is 27.7 Å². The Bertz CT molecular complexity index is 615. The van der Waals surface area contributed by atoms with Crippen molar-refractivity contribution in [3.8, 4) is 0 Å². The number of thiophene rings is 1. The normalized spacial score (nSPS) is 13.0. The van der Waals surface area contributed by atoms with Crippen LogP contribution >= 0.6 is 23.7 Å². The molecule has 1 aromatic rings. The average Bonchev–Trinajstić information content (AvgIpc) is 2.92. The maximum absolute atomic E-state index is 12.5. The molecule has 6 nitrogen and oxygen atoms in total. The molecule has 23 heavy (non-hydrogen) atoms. The van der Waals surface area contributed by atoms with Crippen molar-refractivity contribution < 1.29 is 13.2 Å². The molecular formula is C14H26ClN3O3S2. The molecule has 1 heterocycles. The van der Waals surface area contributed by atoms with Gasteiger partial charge in [-0.3, -0.25) is 4.79 Å². The molecule has 1 amide bonds. The number of rotatable bonds is 7. The molecule has 134 valence electrons. The van der Waals surface area contributed by atoms with Gasteiger partial charge in [0.2, 0.25) is 10.0 Å². The third-order valence-corrected chi connectivity index (χ3v) is 6.47. The molecule has 0 aromatic carbocycles. The lowest BCUT2D eigenvalue weighted by Gasteiger charge is -2.22. The second-order valence-electron chi connectivity index (χ2n) is 5.82. The number of nitrogens with two attached hydrogens (primary N) is 1. The van der Waals surface area contributed by atoms with Crippen LogP contribution in [0.4, 0.5) is 0 Å². The average molecular weight is 384 g/mol. The van der Waals surface area contributed by atoms with E-state index >= 15 is 0 Å². The zero-order valence-corrected chi connectivity index (χ0v) is 16.6. The van der Waals surface area contributed by atoms with E-state index in [0.717, 1.165) is 15.6 Å². The summed E-state index contributed by atoms with van der Waals surface area (Å²) in [5, 5.41) is 1.62. The van der Waals surface area contributed by atoms with Gasteiger partial charge in [0.05, 0.1) is 0 Å². The van der Waals surface area contributed by atoms with E-state index in [1.807, 2.05) is 13.8 Å². The topological polar surface area (TPSA) is 83.7 Å². The molecule has 0 aliphatic carbocycles. The molecular weight excluding hydrogens is 358 g/mol. The zero-order chi connectivity index (χ0) is 17.1. The van der Waals surface area contributed by atoms with E-state index in [0.29, 0.717) is 18.9 Å². The molecule has 0 aliphatic rings. The van der Waals surface area contributed by atoms with Crippen LogP contribution < -0.4 is 5.73 Å². The molecule has 0 spiro atoms. The van der Waals surface area contributed by atoms with E-state index in [4.69, 9.17) is 5.73 Å². The first-order valence-corrected chi connectivity index (χ1v) is 9.42. The van der Waals surface area contributed by atoms with Gasteiger partial charge in [-0.05, 0) is 23.8 Å². The summed E-state index contributed by atoms with van der Waals surface area (Å²) in [6.07, 6.45) is 0.682. The van der Waals surface area contributed by atoms with Gasteiger partial charge in [-0.25, -0.2) is 12.7 Å². The first-order chi connectivity index (χ1) is 10.1. The maximum Gasteiger partial charge on any atom is 0.265 e. The van der Waals surface area contributed by atoms with Crippen LogP contribution in [0.25, 0.3) is 0 Å². The molecule has 1 atom stereocenters. The van der Waals surface area contributed by atoms with Gasteiger partial charge < -0.3 is 10.6 Å². The molecule has 0 fully saturated rings. The SMILES string of the molecule is CC(C)C(N)CCN(C)C(=O)c1sccc1S(=O)(=O)N(C)C.Cl. The summed E-state index contributed by atoms with van der Waals surface area (Å²) >= 11 is 1.14. The zero-order valence-electron chi connectivity index (χ0n) is 14.1. The quantitative estimate of drug-likeness (QED) is 0.778. The highest BCUT2D eigenvalue weighted by atomic mass is 35.5. The fraction of sp³-hybridized carbons (Fsp3) is 0.643. The Hall–Kier alpha value is -0.670. The molecule has 9 heteroatoms. The number of carbonyl (C=O) groups excluding carboxylic acids is 1. The second-order valence-corrected chi connectivity index (χ2v) is 8.86. The summed E-state index contributed by atoms with van der Waals surface area (Å²) in [7, 11) is 0.954. The van der Waals surface area contributed by atoms with Crippen LogP contribution in [0.5, 0.6) is 0 Å². The van der Waals surface area contributed by atoms with Gasteiger partial charge >= 0.3 is 0 Å². The number of sulfonamides is 1. The van der Waals surface area contributed by atoms with Crippen molar-refractivity contribution in [3.05, 3.63) is 16.3 Å². The smallest absolute Gasteiger partial charge is 0.265 e. The van der Waals surface area contributed by atoms with Crippen LogP contribution in [0.2, 0.25) is 0 Å². The summed E-state index contributed by atoms with van der Waals surface area (Å²) in [6.45, 7) is 4.57. The molecule has 0 aliphatic heterocycles. The lowest BCUT2D eigenvalue weighted by atomic mass is 10.0. The van der Waals surface area contributed by atoms with Gasteiger partial charge in [0.1, 0.15) is 9.77 Å². The largest absolute Gasteiger partial charge is 0.341 e. The highest BCUT2D eigenvalue weighted by Gasteiger charge is 2.27. The minimum atomic E-state index is -3.62. The van der Waals surface area contributed by atoms with Crippen LogP contribution in [0, 0.1) is 5.92 Å². The number of hydrogen-bond donors (Lipinski definition) is 1. The molecule has 0 saturated carbocycles. The molecule has 0 radical (unpaired) electrons. The fourth-order valence-corrected chi connectivity index (χ4v) is 4.09. The van der Waals surface area contributed by atoms with Gasteiger partial charge in [0, 0.05) is 33.7 Å². The van der Waals surface area contributed by atoms with Crippen LogP contribution in [0.1, 0.15) is 29.9 Å². The summed E-state index contributed by atoms with van der Waals surface area (Å²) in [5.74, 6) is 0.0568. The fourth-order valence-electron chi connectivity index (χ4n) is 1.80. The number of nitrogens with zero attached hydrogens (tertiary/aromatic N) is 2. The third kappa shape index (κ3) is 5.42. The minimum absolute atomic E-state index is 0. The van der Waals surface area contributed by atoms with Crippen LogP contribution in [-0.2, 0) is 10.0 Å². The first kappa shape index (κ1) is 22.3. The standard InChI is InChI=1S/C14H25N3O3S2.ClH/c1-10(2)11(15)6-8-17(5)14(18)13-12(7-9-21-13)22(19,20)16(3)4;/h7,9-11H,6,8,15H2,1-5H3;1H. The van der Waals surface area contributed by atoms with E-state index in [9.17, 15) is 13.2 Å². The predicted molar refractivity (Wildman–Crippen MR) is 96.8 cm³/mol. The van der Waals surface area contributed by atoms with E-state index in [1.165, 1.54) is 25.1 Å². The van der Waals surface area contributed by atoms with Crippen molar-refractivity contribution >= 4 is 39.7 Å². The van der Waals surface area contributed by atoms with Gasteiger partial charge in [-0.15, -0.1) is 23.7 Å². The van der Waals surface area contributed by atoms with Gasteiger partial charge in [0.15, 0.2) is 0 Å². The highest BCUT2D eigenvalue weighted by molar-refractivity contribution is 7.89. The van der Waals surface area contributed by atoms with Gasteiger partial charge in [-0.2, -0.15) is 0 Å². The Morgan fingerprint density at radius 1 is 1.30 bits per heavy atom. The van der Waals surface area contributed by atoms with Crippen LogP contribution in [0.3, 0.4) is 0 Å². The van der Waals surface area contributed by atoms with Crippen molar-refractivity contribution in [2.45, 2.75) is 31.2 Å². The van der Waals surface area contributed by atoms with Gasteiger partial charge in [-0.1, -0.05) is 13.8 Å². The molecule has 0 bridgehead atoms. The predicted octanol–water partition coefficient (Wildman–Crippen LogP) is 1.87. The highest BCUT2D eigenvalue weighted by Crippen LogP contribution is 2.25. The lowest BCUT2D eigenvalue weighted by Crippen LogP contribution is -2.35. The molecule has 1 unspecified atom stereocenters. The molecule has 2 N–H and O–H groups in total. The monoisotopic (exact) mass is 383 g/mol. The number of carbonyl (C=O) groups is 1. The van der Waals surface area contributed by atoms with Gasteiger partial charge in [0.25, 0.3) is 5.91 Å². The number of amides is 1. The van der Waals surface area contributed by atoms with Crippen molar-refractivity contribution in [1.29, 1.82) is 0 Å². The van der Waals surface area contributed by atoms with Crippen LogP contribution in [0.15, 0.2) is 16.3 Å². The van der Waals surface area contributed by atoms with Crippen molar-refractivity contribution in [3.63, 3.8) is 0 Å². The van der Waals surface area contributed by atoms with Crippen molar-refractivity contribution in [2.24, 2.45) is 11.7 Å². The Kier molecular flexibility index (Phi) is 8.72. The maximum atomic E-state index is 12.5. The van der Waals surface area contributed by atoms with E-state index in [2.05, 4.69) is 0 Å². The van der Waals surface area contributed by atoms with Crippen LogP contribution in [-0.4, -0.2) is 57.3 Å². The van der Waals surface area contributed by atoms with E-state index in [1.54, 1.807) is 12.4 Å².